The molecule has 0 saturated carbocycles. The number of benzene rings is 1. The van der Waals surface area contributed by atoms with Crippen molar-refractivity contribution in [1.29, 1.82) is 0 Å². The number of nitrogens with zero attached hydrogens (tertiary/aromatic N) is 3. The van der Waals surface area contributed by atoms with Crippen LogP contribution in [-0.2, 0) is 0 Å². The van der Waals surface area contributed by atoms with E-state index in [1.165, 1.54) is 18.5 Å². The molecule has 0 spiro atoms. The molecule has 1 fully saturated rings. The number of aryl methyl sites for hydroxylation is 1. The second kappa shape index (κ2) is 6.17. The normalized spacial score (nSPS) is 15.8. The lowest BCUT2D eigenvalue weighted by atomic mass is 9.99. The zero-order chi connectivity index (χ0) is 15.5. The summed E-state index contributed by atoms with van der Waals surface area (Å²) in [5, 5.41) is 9.36. The monoisotopic (exact) mass is 299 g/mol. The zero-order valence-corrected chi connectivity index (χ0v) is 13.0. The molecule has 2 aromatic rings. The summed E-state index contributed by atoms with van der Waals surface area (Å²) < 4.78 is 0. The molecule has 1 aromatic heterocycles. The Balaban J connectivity index is 1.71. The molecule has 6 nitrogen and oxygen atoms in total. The van der Waals surface area contributed by atoms with Gasteiger partial charge in [0.25, 0.3) is 0 Å². The summed E-state index contributed by atoms with van der Waals surface area (Å²) in [5.74, 6) is 1.32. The Morgan fingerprint density at radius 2 is 1.91 bits per heavy atom. The van der Waals surface area contributed by atoms with E-state index in [4.69, 9.17) is 0 Å². The van der Waals surface area contributed by atoms with Gasteiger partial charge in [0, 0.05) is 24.5 Å². The van der Waals surface area contributed by atoms with Crippen molar-refractivity contribution < 1.29 is 0 Å². The van der Waals surface area contributed by atoms with E-state index in [0.717, 1.165) is 24.7 Å². The van der Waals surface area contributed by atoms with E-state index in [-0.39, 0.29) is 0 Å². The summed E-state index contributed by atoms with van der Waals surface area (Å²) in [6.07, 6.45) is 2.50. The molecule has 0 amide bonds. The maximum absolute atomic E-state index is 11.2. The van der Waals surface area contributed by atoms with Crippen LogP contribution >= 0.6 is 0 Å². The number of anilines is 3. The zero-order valence-electron chi connectivity index (χ0n) is 13.0. The molecule has 1 aromatic carbocycles. The highest BCUT2D eigenvalue weighted by Gasteiger charge is 2.15. The summed E-state index contributed by atoms with van der Waals surface area (Å²) in [4.78, 5) is 17.6. The quantitative estimate of drug-likeness (QED) is 0.910. The summed E-state index contributed by atoms with van der Waals surface area (Å²) in [7, 11) is 0. The second-order valence-electron chi connectivity index (χ2n) is 5.92. The van der Waals surface area contributed by atoms with Crippen molar-refractivity contribution in [3.63, 3.8) is 0 Å². The molecule has 3 rings (SSSR count). The van der Waals surface area contributed by atoms with Gasteiger partial charge in [-0.1, -0.05) is 6.92 Å². The van der Waals surface area contributed by atoms with Crippen LogP contribution in [0.4, 0.5) is 17.2 Å². The van der Waals surface area contributed by atoms with Crippen molar-refractivity contribution >= 4 is 17.2 Å². The number of aromatic amines is 1. The van der Waals surface area contributed by atoms with Crippen LogP contribution in [-0.4, -0.2) is 28.3 Å². The SMILES string of the molecule is Cc1n[nH]c(=O)nc1Nc1ccc(N2CCC(C)CC2)cc1. The number of hydrogen-bond donors (Lipinski definition) is 2. The first kappa shape index (κ1) is 14.6. The third-order valence-electron chi connectivity index (χ3n) is 4.15. The Bertz CT molecular complexity index is 686. The maximum Gasteiger partial charge on any atom is 0.363 e. The predicted octanol–water partition coefficient (Wildman–Crippen LogP) is 2.45. The van der Waals surface area contributed by atoms with Crippen molar-refractivity contribution in [3.8, 4) is 0 Å². The third-order valence-corrected chi connectivity index (χ3v) is 4.15. The molecule has 1 aliphatic heterocycles. The van der Waals surface area contributed by atoms with Crippen molar-refractivity contribution in [1.82, 2.24) is 15.2 Å². The van der Waals surface area contributed by atoms with Gasteiger partial charge in [-0.3, -0.25) is 0 Å². The van der Waals surface area contributed by atoms with E-state index >= 15 is 0 Å². The number of hydrogen-bond acceptors (Lipinski definition) is 5. The van der Waals surface area contributed by atoms with Crippen LogP contribution in [0.5, 0.6) is 0 Å². The minimum atomic E-state index is -0.452. The molecular formula is C16H21N5O. The van der Waals surface area contributed by atoms with Gasteiger partial charge in [0.05, 0.1) is 0 Å². The molecule has 22 heavy (non-hydrogen) atoms. The van der Waals surface area contributed by atoms with Gasteiger partial charge in [0.2, 0.25) is 0 Å². The Labute approximate surface area is 129 Å². The summed E-state index contributed by atoms with van der Waals surface area (Å²) in [6, 6.07) is 8.23. The van der Waals surface area contributed by atoms with Crippen molar-refractivity contribution in [3.05, 3.63) is 40.4 Å². The van der Waals surface area contributed by atoms with Crippen molar-refractivity contribution in [2.45, 2.75) is 26.7 Å². The van der Waals surface area contributed by atoms with Crippen LogP contribution in [0.15, 0.2) is 29.1 Å². The fourth-order valence-electron chi connectivity index (χ4n) is 2.67. The van der Waals surface area contributed by atoms with Gasteiger partial charge in [0.15, 0.2) is 5.82 Å². The smallest absolute Gasteiger partial charge is 0.363 e. The fourth-order valence-corrected chi connectivity index (χ4v) is 2.67. The van der Waals surface area contributed by atoms with Gasteiger partial charge < -0.3 is 10.2 Å². The number of rotatable bonds is 3. The second-order valence-corrected chi connectivity index (χ2v) is 5.92. The average molecular weight is 299 g/mol. The van der Waals surface area contributed by atoms with E-state index in [0.29, 0.717) is 11.5 Å². The minimum absolute atomic E-state index is 0.452. The number of piperidine rings is 1. The Kier molecular flexibility index (Phi) is 4.09. The lowest BCUT2D eigenvalue weighted by molar-refractivity contribution is 0.438. The first-order chi connectivity index (χ1) is 10.6. The molecule has 0 radical (unpaired) electrons. The first-order valence-electron chi connectivity index (χ1n) is 7.67. The van der Waals surface area contributed by atoms with Crippen LogP contribution in [0.2, 0.25) is 0 Å². The van der Waals surface area contributed by atoms with Crippen LogP contribution in [0.25, 0.3) is 0 Å². The highest BCUT2D eigenvalue weighted by Crippen LogP contribution is 2.25. The lowest BCUT2D eigenvalue weighted by Gasteiger charge is -2.32. The van der Waals surface area contributed by atoms with Gasteiger partial charge in [0.1, 0.15) is 5.69 Å². The maximum atomic E-state index is 11.2. The molecule has 6 heteroatoms. The summed E-state index contributed by atoms with van der Waals surface area (Å²) >= 11 is 0. The molecule has 0 unspecified atom stereocenters. The minimum Gasteiger partial charge on any atom is -0.372 e. The van der Waals surface area contributed by atoms with E-state index in [2.05, 4.69) is 44.5 Å². The van der Waals surface area contributed by atoms with Crippen LogP contribution in [0.1, 0.15) is 25.5 Å². The van der Waals surface area contributed by atoms with Crippen LogP contribution in [0, 0.1) is 12.8 Å². The molecule has 1 saturated heterocycles. The van der Waals surface area contributed by atoms with E-state index in [9.17, 15) is 4.79 Å². The highest BCUT2D eigenvalue weighted by atomic mass is 16.1. The average Bonchev–Trinajstić information content (AvgIpc) is 2.53. The molecule has 0 bridgehead atoms. The van der Waals surface area contributed by atoms with E-state index in [1.807, 2.05) is 12.1 Å². The van der Waals surface area contributed by atoms with Gasteiger partial charge in [-0.25, -0.2) is 9.89 Å². The van der Waals surface area contributed by atoms with E-state index < -0.39 is 5.69 Å². The third kappa shape index (κ3) is 3.27. The van der Waals surface area contributed by atoms with Gasteiger partial charge >= 0.3 is 5.69 Å². The van der Waals surface area contributed by atoms with E-state index in [1.54, 1.807) is 6.92 Å². The van der Waals surface area contributed by atoms with Crippen molar-refractivity contribution in [2.24, 2.45) is 5.92 Å². The fraction of sp³-hybridized carbons (Fsp3) is 0.438. The molecule has 2 heterocycles. The Morgan fingerprint density at radius 1 is 1.23 bits per heavy atom. The van der Waals surface area contributed by atoms with Gasteiger partial charge in [-0.2, -0.15) is 10.1 Å². The molecule has 2 N–H and O–H groups in total. The number of H-pyrrole nitrogens is 1. The number of aromatic nitrogens is 3. The first-order valence-corrected chi connectivity index (χ1v) is 7.67. The van der Waals surface area contributed by atoms with Crippen molar-refractivity contribution in [2.75, 3.05) is 23.3 Å². The highest BCUT2D eigenvalue weighted by molar-refractivity contribution is 5.61. The van der Waals surface area contributed by atoms with Gasteiger partial charge in [-0.05, 0) is 49.9 Å². The molecule has 0 aliphatic carbocycles. The summed E-state index contributed by atoms with van der Waals surface area (Å²) in [5.41, 5.74) is 2.35. The van der Waals surface area contributed by atoms with Crippen LogP contribution < -0.4 is 15.9 Å². The van der Waals surface area contributed by atoms with Gasteiger partial charge in [-0.15, -0.1) is 0 Å². The Morgan fingerprint density at radius 3 is 2.59 bits per heavy atom. The Hall–Kier alpha value is -2.37. The number of nitrogens with one attached hydrogen (secondary N) is 2. The summed E-state index contributed by atoms with van der Waals surface area (Å²) in [6.45, 7) is 6.35. The topological polar surface area (TPSA) is 73.9 Å². The molecule has 0 atom stereocenters. The largest absolute Gasteiger partial charge is 0.372 e. The molecular weight excluding hydrogens is 278 g/mol. The molecule has 1 aliphatic rings. The van der Waals surface area contributed by atoms with Crippen LogP contribution in [0.3, 0.4) is 0 Å². The molecule has 116 valence electrons. The standard InChI is InChI=1S/C16H21N5O/c1-11-7-9-21(10-8-11)14-5-3-13(4-6-14)17-15-12(2)19-20-16(22)18-15/h3-6,11H,7-10H2,1-2H3,(H2,17,18,20,22). The predicted molar refractivity (Wildman–Crippen MR) is 87.7 cm³/mol. The lowest BCUT2D eigenvalue weighted by Crippen LogP contribution is -2.32.